The Morgan fingerprint density at radius 3 is 2.19 bits per heavy atom. The number of hydrogen-bond donors (Lipinski definition) is 1. The molecule has 0 radical (unpaired) electrons. The summed E-state index contributed by atoms with van der Waals surface area (Å²) in [5, 5.41) is 2.92. The Bertz CT molecular complexity index is 778. The van der Waals surface area contributed by atoms with Gasteiger partial charge in [-0.05, 0) is 42.0 Å². The van der Waals surface area contributed by atoms with Gasteiger partial charge in [-0.3, -0.25) is 9.59 Å². The maximum Gasteiger partial charge on any atom is 0.240 e. The van der Waals surface area contributed by atoms with Gasteiger partial charge in [0.2, 0.25) is 11.8 Å². The molecule has 2 aromatic carbocycles. The first-order chi connectivity index (χ1) is 12.4. The molecule has 0 unspecified atom stereocenters. The Balaban J connectivity index is 1.65. The first kappa shape index (κ1) is 18.2. The van der Waals surface area contributed by atoms with Gasteiger partial charge in [-0.1, -0.05) is 56.3 Å². The number of anilines is 1. The number of benzene rings is 2. The van der Waals surface area contributed by atoms with Crippen molar-refractivity contribution in [2.75, 3.05) is 12.4 Å². The molecule has 1 aliphatic rings. The minimum Gasteiger partial charge on any atom is -0.340 e. The lowest BCUT2D eigenvalue weighted by molar-refractivity contribution is -0.141. The van der Waals surface area contributed by atoms with Gasteiger partial charge in [0.1, 0.15) is 5.41 Å². The number of hydrogen-bond acceptors (Lipinski definition) is 2. The highest BCUT2D eigenvalue weighted by Crippen LogP contribution is 2.48. The fourth-order valence-corrected chi connectivity index (χ4v) is 3.16. The van der Waals surface area contributed by atoms with Gasteiger partial charge in [0.05, 0.1) is 0 Å². The van der Waals surface area contributed by atoms with Crippen molar-refractivity contribution in [2.45, 2.75) is 39.2 Å². The van der Waals surface area contributed by atoms with Crippen molar-refractivity contribution >= 4 is 17.5 Å². The molecule has 1 fully saturated rings. The maximum absolute atomic E-state index is 12.9. The van der Waals surface area contributed by atoms with Gasteiger partial charge in [-0.25, -0.2) is 0 Å². The third kappa shape index (κ3) is 3.79. The minimum absolute atomic E-state index is 0.0994. The molecule has 0 aromatic heterocycles. The zero-order valence-corrected chi connectivity index (χ0v) is 15.7. The fourth-order valence-electron chi connectivity index (χ4n) is 3.16. The average Bonchev–Trinajstić information content (AvgIpc) is 3.44. The molecule has 2 amide bonds. The summed E-state index contributed by atoms with van der Waals surface area (Å²) in [5.74, 6) is 0.153. The van der Waals surface area contributed by atoms with Gasteiger partial charge in [-0.15, -0.1) is 0 Å². The molecule has 0 spiro atoms. The highest BCUT2D eigenvalue weighted by Gasteiger charge is 2.57. The van der Waals surface area contributed by atoms with Crippen LogP contribution in [0.1, 0.15) is 43.7 Å². The van der Waals surface area contributed by atoms with Gasteiger partial charge in [0.25, 0.3) is 0 Å². The van der Waals surface area contributed by atoms with Crippen LogP contribution in [0.4, 0.5) is 5.69 Å². The second-order valence-electron chi connectivity index (χ2n) is 7.46. The third-order valence-corrected chi connectivity index (χ3v) is 5.04. The molecule has 4 nitrogen and oxygen atoms in total. The van der Waals surface area contributed by atoms with Crippen LogP contribution in [-0.2, 0) is 16.1 Å². The van der Waals surface area contributed by atoms with E-state index >= 15 is 0 Å². The molecule has 0 bridgehead atoms. The van der Waals surface area contributed by atoms with E-state index < -0.39 is 5.41 Å². The molecule has 1 saturated carbocycles. The van der Waals surface area contributed by atoms with Gasteiger partial charge >= 0.3 is 0 Å². The zero-order chi connectivity index (χ0) is 18.7. The molecule has 2 aromatic rings. The average molecular weight is 350 g/mol. The zero-order valence-electron chi connectivity index (χ0n) is 15.7. The predicted octanol–water partition coefficient (Wildman–Crippen LogP) is 4.19. The summed E-state index contributed by atoms with van der Waals surface area (Å²) in [6.07, 6.45) is 1.22. The predicted molar refractivity (Wildman–Crippen MR) is 104 cm³/mol. The second kappa shape index (κ2) is 7.32. The van der Waals surface area contributed by atoms with Crippen LogP contribution >= 0.6 is 0 Å². The van der Waals surface area contributed by atoms with Crippen molar-refractivity contribution in [1.82, 2.24) is 4.90 Å². The Kier molecular flexibility index (Phi) is 5.12. The normalized spacial score (nSPS) is 14.8. The summed E-state index contributed by atoms with van der Waals surface area (Å²) in [6, 6.07) is 17.7. The number of rotatable bonds is 6. The summed E-state index contributed by atoms with van der Waals surface area (Å²) in [5.41, 5.74) is 2.12. The van der Waals surface area contributed by atoms with E-state index in [1.807, 2.05) is 54.6 Å². The van der Waals surface area contributed by atoms with E-state index in [0.717, 1.165) is 11.3 Å². The van der Waals surface area contributed by atoms with Crippen molar-refractivity contribution in [3.63, 3.8) is 0 Å². The summed E-state index contributed by atoms with van der Waals surface area (Å²) in [6.45, 7) is 4.78. The van der Waals surface area contributed by atoms with Crippen LogP contribution in [0, 0.1) is 5.41 Å². The monoisotopic (exact) mass is 350 g/mol. The van der Waals surface area contributed by atoms with Gasteiger partial charge < -0.3 is 10.2 Å². The summed E-state index contributed by atoms with van der Waals surface area (Å²) < 4.78 is 0. The van der Waals surface area contributed by atoms with E-state index in [9.17, 15) is 9.59 Å². The number of nitrogens with one attached hydrogen (secondary N) is 1. The number of carbonyl (C=O) groups excluding carboxylic acids is 2. The SMILES string of the molecule is CC(C)c1ccc(NC(=O)C2(C(=O)N(C)Cc3ccccc3)CC2)cc1. The first-order valence-corrected chi connectivity index (χ1v) is 9.13. The molecule has 0 heterocycles. The van der Waals surface area contributed by atoms with E-state index in [1.54, 1.807) is 11.9 Å². The van der Waals surface area contributed by atoms with Gasteiger partial charge in [0, 0.05) is 19.3 Å². The van der Waals surface area contributed by atoms with E-state index in [-0.39, 0.29) is 11.8 Å². The standard InChI is InChI=1S/C22H26N2O2/c1-16(2)18-9-11-19(12-10-18)23-20(25)22(13-14-22)21(26)24(3)15-17-7-5-4-6-8-17/h4-12,16H,13-15H2,1-3H3,(H,23,25). The Morgan fingerprint density at radius 2 is 1.65 bits per heavy atom. The second-order valence-corrected chi connectivity index (χ2v) is 7.46. The summed E-state index contributed by atoms with van der Waals surface area (Å²) in [7, 11) is 1.76. The number of nitrogens with zero attached hydrogens (tertiary/aromatic N) is 1. The highest BCUT2D eigenvalue weighted by atomic mass is 16.2. The van der Waals surface area contributed by atoms with Crippen molar-refractivity contribution in [3.8, 4) is 0 Å². The first-order valence-electron chi connectivity index (χ1n) is 9.13. The molecular formula is C22H26N2O2. The van der Waals surface area contributed by atoms with Crippen LogP contribution in [0.2, 0.25) is 0 Å². The number of amides is 2. The topological polar surface area (TPSA) is 49.4 Å². The van der Waals surface area contributed by atoms with Crippen LogP contribution in [0.5, 0.6) is 0 Å². The van der Waals surface area contributed by atoms with Crippen molar-refractivity contribution in [1.29, 1.82) is 0 Å². The number of carbonyl (C=O) groups is 2. The van der Waals surface area contributed by atoms with Crippen LogP contribution in [-0.4, -0.2) is 23.8 Å². The molecule has 0 aliphatic heterocycles. The van der Waals surface area contributed by atoms with E-state index in [0.29, 0.717) is 25.3 Å². The third-order valence-electron chi connectivity index (χ3n) is 5.04. The smallest absolute Gasteiger partial charge is 0.240 e. The molecule has 1 aliphatic carbocycles. The molecular weight excluding hydrogens is 324 g/mol. The lowest BCUT2D eigenvalue weighted by Gasteiger charge is -2.23. The van der Waals surface area contributed by atoms with Crippen LogP contribution < -0.4 is 5.32 Å². The van der Waals surface area contributed by atoms with Crippen LogP contribution in [0.25, 0.3) is 0 Å². The van der Waals surface area contributed by atoms with Crippen LogP contribution in [0.3, 0.4) is 0 Å². The molecule has 26 heavy (non-hydrogen) atoms. The largest absolute Gasteiger partial charge is 0.340 e. The van der Waals surface area contributed by atoms with E-state index in [1.165, 1.54) is 5.56 Å². The summed E-state index contributed by atoms with van der Waals surface area (Å²) in [4.78, 5) is 27.3. The molecule has 0 atom stereocenters. The Labute approximate surface area is 155 Å². The van der Waals surface area contributed by atoms with Gasteiger partial charge in [-0.2, -0.15) is 0 Å². The van der Waals surface area contributed by atoms with Gasteiger partial charge in [0.15, 0.2) is 0 Å². The van der Waals surface area contributed by atoms with Crippen LogP contribution in [0.15, 0.2) is 54.6 Å². The highest BCUT2D eigenvalue weighted by molar-refractivity contribution is 6.12. The van der Waals surface area contributed by atoms with Crippen molar-refractivity contribution in [3.05, 3.63) is 65.7 Å². The Morgan fingerprint density at radius 1 is 1.04 bits per heavy atom. The van der Waals surface area contributed by atoms with E-state index in [2.05, 4.69) is 19.2 Å². The fraction of sp³-hybridized carbons (Fsp3) is 0.364. The van der Waals surface area contributed by atoms with Crippen molar-refractivity contribution < 1.29 is 9.59 Å². The quantitative estimate of drug-likeness (QED) is 0.794. The Hall–Kier alpha value is -2.62. The molecule has 0 saturated heterocycles. The molecule has 4 heteroatoms. The maximum atomic E-state index is 12.9. The molecule has 1 N–H and O–H groups in total. The molecule has 3 rings (SSSR count). The lowest BCUT2D eigenvalue weighted by Crippen LogP contribution is -2.40. The minimum atomic E-state index is -0.903. The molecule has 136 valence electrons. The lowest BCUT2D eigenvalue weighted by atomic mass is 10.0. The van der Waals surface area contributed by atoms with E-state index in [4.69, 9.17) is 0 Å². The summed E-state index contributed by atoms with van der Waals surface area (Å²) >= 11 is 0. The van der Waals surface area contributed by atoms with Crippen molar-refractivity contribution in [2.24, 2.45) is 5.41 Å².